The first-order valence-electron chi connectivity index (χ1n) is 10.3. The first-order valence-corrected chi connectivity index (χ1v) is 10.3. The minimum atomic E-state index is -0.503. The number of fused-ring (bicyclic) bond motifs is 5. The molecule has 6 atom stereocenters. The van der Waals surface area contributed by atoms with Crippen LogP contribution in [0.25, 0.3) is 0 Å². The summed E-state index contributed by atoms with van der Waals surface area (Å²) in [5, 5.41) is 0. The average molecular weight is 354 g/mol. The smallest absolute Gasteiger partial charge is 0.162 e. The molecule has 0 aromatic heterocycles. The highest BCUT2D eigenvalue weighted by molar-refractivity contribution is 5.99. The molecular formula is C23H30O3. The van der Waals surface area contributed by atoms with Gasteiger partial charge >= 0.3 is 0 Å². The summed E-state index contributed by atoms with van der Waals surface area (Å²) in [5.41, 5.74) is 0.949. The minimum Gasteiger partial charge on any atom is -0.300 e. The summed E-state index contributed by atoms with van der Waals surface area (Å²) in [6.07, 6.45) is 10.7. The number of carbonyl (C=O) groups excluding carboxylic acids is 3. The maximum absolute atomic E-state index is 13.0. The summed E-state index contributed by atoms with van der Waals surface area (Å²) in [5.74, 6) is 1.76. The van der Waals surface area contributed by atoms with E-state index in [2.05, 4.69) is 13.5 Å². The van der Waals surface area contributed by atoms with E-state index in [1.54, 1.807) is 6.92 Å². The Kier molecular flexibility index (Phi) is 4.13. The quantitative estimate of drug-likeness (QED) is 0.703. The SMILES string of the molecule is C=CC(=O)[C@]12CC[C@H]3[C@@H](CCC4=CC(=O)CC[C@@]43C)[C@@H]1CC[C@@H]2C(C)=O. The van der Waals surface area contributed by atoms with Crippen LogP contribution in [-0.2, 0) is 14.4 Å². The van der Waals surface area contributed by atoms with E-state index in [-0.39, 0.29) is 28.7 Å². The second-order valence-corrected chi connectivity index (χ2v) is 9.36. The van der Waals surface area contributed by atoms with E-state index in [1.807, 2.05) is 6.08 Å². The van der Waals surface area contributed by atoms with Crippen LogP contribution in [0, 0.1) is 34.5 Å². The van der Waals surface area contributed by atoms with Crippen LogP contribution in [0.5, 0.6) is 0 Å². The number of allylic oxidation sites excluding steroid dienone is 2. The van der Waals surface area contributed by atoms with Gasteiger partial charge in [-0.05, 0) is 87.2 Å². The summed E-state index contributed by atoms with van der Waals surface area (Å²) >= 11 is 0. The molecule has 4 aliphatic rings. The molecule has 0 spiro atoms. The van der Waals surface area contributed by atoms with Crippen LogP contribution < -0.4 is 0 Å². The maximum atomic E-state index is 13.0. The fourth-order valence-electron chi connectivity index (χ4n) is 7.47. The van der Waals surface area contributed by atoms with Crippen molar-refractivity contribution in [2.75, 3.05) is 0 Å². The number of hydrogen-bond donors (Lipinski definition) is 0. The summed E-state index contributed by atoms with van der Waals surface area (Å²) in [6.45, 7) is 7.78. The zero-order valence-electron chi connectivity index (χ0n) is 16.1. The predicted molar refractivity (Wildman–Crippen MR) is 100 cm³/mol. The molecule has 4 aliphatic carbocycles. The number of rotatable bonds is 3. The zero-order chi connectivity index (χ0) is 18.7. The second kappa shape index (κ2) is 6.00. The van der Waals surface area contributed by atoms with Crippen molar-refractivity contribution in [1.82, 2.24) is 0 Å². The molecule has 0 aromatic carbocycles. The lowest BCUT2D eigenvalue weighted by molar-refractivity contribution is -0.145. The van der Waals surface area contributed by atoms with Crippen LogP contribution >= 0.6 is 0 Å². The zero-order valence-corrected chi connectivity index (χ0v) is 16.1. The standard InChI is InChI=1S/C23H30O3/c1-4-21(26)23-12-10-19-17(20(23)8-7-18(23)14(2)24)6-5-15-13-16(25)9-11-22(15,19)3/h4,13,17-20H,1,5-12H2,2-3H3/t17-,18-,19+,20+,22+,23+/m1/s1. The summed E-state index contributed by atoms with van der Waals surface area (Å²) in [4.78, 5) is 37.3. The topological polar surface area (TPSA) is 51.2 Å². The largest absolute Gasteiger partial charge is 0.300 e. The molecule has 0 aliphatic heterocycles. The lowest BCUT2D eigenvalue weighted by atomic mass is 9.45. The third kappa shape index (κ3) is 2.21. The second-order valence-electron chi connectivity index (χ2n) is 9.36. The number of ketones is 3. The molecule has 0 N–H and O–H groups in total. The molecule has 26 heavy (non-hydrogen) atoms. The Morgan fingerprint density at radius 1 is 1.12 bits per heavy atom. The van der Waals surface area contributed by atoms with Crippen LogP contribution in [0.15, 0.2) is 24.3 Å². The van der Waals surface area contributed by atoms with Gasteiger partial charge in [-0.3, -0.25) is 14.4 Å². The van der Waals surface area contributed by atoms with Gasteiger partial charge in [0.2, 0.25) is 0 Å². The molecule has 3 nitrogen and oxygen atoms in total. The van der Waals surface area contributed by atoms with Gasteiger partial charge in [0, 0.05) is 17.8 Å². The van der Waals surface area contributed by atoms with Crippen LogP contribution in [0.4, 0.5) is 0 Å². The third-order valence-corrected chi connectivity index (χ3v) is 8.61. The van der Waals surface area contributed by atoms with Crippen molar-refractivity contribution in [3.8, 4) is 0 Å². The van der Waals surface area contributed by atoms with Crippen molar-refractivity contribution >= 4 is 17.3 Å². The Morgan fingerprint density at radius 3 is 2.58 bits per heavy atom. The molecular weight excluding hydrogens is 324 g/mol. The van der Waals surface area contributed by atoms with E-state index in [0.717, 1.165) is 44.9 Å². The van der Waals surface area contributed by atoms with Crippen LogP contribution in [0.3, 0.4) is 0 Å². The van der Waals surface area contributed by atoms with Crippen molar-refractivity contribution in [3.63, 3.8) is 0 Å². The highest BCUT2D eigenvalue weighted by Gasteiger charge is 2.63. The predicted octanol–water partition coefficient (Wildman–Crippen LogP) is 4.46. The highest BCUT2D eigenvalue weighted by Crippen LogP contribution is 2.67. The van der Waals surface area contributed by atoms with Gasteiger partial charge in [0.25, 0.3) is 0 Å². The van der Waals surface area contributed by atoms with Crippen LogP contribution in [-0.4, -0.2) is 17.3 Å². The summed E-state index contributed by atoms with van der Waals surface area (Å²) in [6, 6.07) is 0. The Balaban J connectivity index is 1.74. The third-order valence-electron chi connectivity index (χ3n) is 8.61. The molecule has 3 heteroatoms. The van der Waals surface area contributed by atoms with E-state index in [9.17, 15) is 14.4 Å². The molecule has 3 saturated carbocycles. The van der Waals surface area contributed by atoms with Gasteiger partial charge in [-0.25, -0.2) is 0 Å². The van der Waals surface area contributed by atoms with Gasteiger partial charge in [0.15, 0.2) is 11.6 Å². The van der Waals surface area contributed by atoms with Crippen molar-refractivity contribution in [2.45, 2.75) is 65.2 Å². The Hall–Kier alpha value is -1.51. The molecule has 3 fully saturated rings. The lowest BCUT2D eigenvalue weighted by Gasteiger charge is -2.58. The van der Waals surface area contributed by atoms with Crippen molar-refractivity contribution in [2.24, 2.45) is 34.5 Å². The number of Topliss-reactive ketones (excluding diaryl/α,β-unsaturated/α-hetero) is 1. The fourth-order valence-corrected chi connectivity index (χ4v) is 7.47. The average Bonchev–Trinajstić information content (AvgIpc) is 3.02. The monoisotopic (exact) mass is 354 g/mol. The van der Waals surface area contributed by atoms with Crippen molar-refractivity contribution in [1.29, 1.82) is 0 Å². The van der Waals surface area contributed by atoms with Gasteiger partial charge in [-0.15, -0.1) is 0 Å². The maximum Gasteiger partial charge on any atom is 0.162 e. The van der Waals surface area contributed by atoms with Crippen molar-refractivity contribution in [3.05, 3.63) is 24.3 Å². The van der Waals surface area contributed by atoms with Crippen LogP contribution in [0.1, 0.15) is 65.2 Å². The Bertz CT molecular complexity index is 717. The van der Waals surface area contributed by atoms with E-state index in [1.165, 1.54) is 11.6 Å². The molecule has 0 saturated heterocycles. The van der Waals surface area contributed by atoms with E-state index in [0.29, 0.717) is 24.2 Å². The van der Waals surface area contributed by atoms with Gasteiger partial charge in [0.1, 0.15) is 5.78 Å². The molecule has 0 unspecified atom stereocenters. The first-order chi connectivity index (χ1) is 12.3. The van der Waals surface area contributed by atoms with Crippen molar-refractivity contribution < 1.29 is 14.4 Å². The Labute approximate surface area is 156 Å². The summed E-state index contributed by atoms with van der Waals surface area (Å²) < 4.78 is 0. The van der Waals surface area contributed by atoms with Gasteiger partial charge in [-0.2, -0.15) is 0 Å². The molecule has 0 radical (unpaired) electrons. The van der Waals surface area contributed by atoms with Crippen LogP contribution in [0.2, 0.25) is 0 Å². The van der Waals surface area contributed by atoms with Gasteiger partial charge in [0.05, 0.1) is 0 Å². The number of hydrogen-bond acceptors (Lipinski definition) is 3. The van der Waals surface area contributed by atoms with E-state index < -0.39 is 5.41 Å². The summed E-state index contributed by atoms with van der Waals surface area (Å²) in [7, 11) is 0. The molecule has 0 bridgehead atoms. The molecule has 0 amide bonds. The highest BCUT2D eigenvalue weighted by atomic mass is 16.1. The molecule has 4 rings (SSSR count). The molecule has 140 valence electrons. The van der Waals surface area contributed by atoms with Gasteiger partial charge < -0.3 is 0 Å². The lowest BCUT2D eigenvalue weighted by Crippen LogP contribution is -2.54. The number of carbonyl (C=O) groups is 3. The fraction of sp³-hybridized carbons (Fsp3) is 0.696. The molecule has 0 heterocycles. The minimum absolute atomic E-state index is 0.101. The first kappa shape index (κ1) is 17.9. The Morgan fingerprint density at radius 2 is 1.88 bits per heavy atom. The van der Waals surface area contributed by atoms with E-state index in [4.69, 9.17) is 0 Å². The van der Waals surface area contributed by atoms with Gasteiger partial charge in [-0.1, -0.05) is 19.1 Å². The van der Waals surface area contributed by atoms with E-state index >= 15 is 0 Å². The molecule has 0 aromatic rings. The normalized spacial score (nSPS) is 44.4.